The highest BCUT2D eigenvalue weighted by molar-refractivity contribution is 7.15. The minimum Gasteiger partial charge on any atom is -0.376 e. The van der Waals surface area contributed by atoms with Crippen molar-refractivity contribution in [1.82, 2.24) is 9.88 Å². The SMILES string of the molecule is Cc1nc(NC(=O)CN(CC2CCCO2)C(=O)Cc2ccccc2)sc1C. The van der Waals surface area contributed by atoms with Crippen molar-refractivity contribution in [2.75, 3.05) is 25.0 Å². The van der Waals surface area contributed by atoms with Crippen LogP contribution in [0.25, 0.3) is 0 Å². The summed E-state index contributed by atoms with van der Waals surface area (Å²) in [5.74, 6) is -0.304. The summed E-state index contributed by atoms with van der Waals surface area (Å²) in [4.78, 5) is 32.3. The van der Waals surface area contributed by atoms with E-state index < -0.39 is 0 Å². The fraction of sp³-hybridized carbons (Fsp3) is 0.450. The van der Waals surface area contributed by atoms with Crippen LogP contribution in [0, 0.1) is 13.8 Å². The topological polar surface area (TPSA) is 71.5 Å². The second-order valence-corrected chi connectivity index (χ2v) is 7.98. The lowest BCUT2D eigenvalue weighted by molar-refractivity contribution is -0.135. The second-order valence-electron chi connectivity index (χ2n) is 6.78. The molecule has 2 aromatic rings. The molecule has 3 rings (SSSR count). The molecule has 1 aromatic carbocycles. The van der Waals surface area contributed by atoms with E-state index in [1.807, 2.05) is 44.2 Å². The molecular formula is C20H25N3O3S. The van der Waals surface area contributed by atoms with Gasteiger partial charge in [-0.15, -0.1) is 11.3 Å². The summed E-state index contributed by atoms with van der Waals surface area (Å²) < 4.78 is 5.67. The monoisotopic (exact) mass is 387 g/mol. The number of nitrogens with zero attached hydrogens (tertiary/aromatic N) is 2. The molecule has 2 amide bonds. The van der Waals surface area contributed by atoms with Crippen LogP contribution >= 0.6 is 11.3 Å². The maximum absolute atomic E-state index is 12.8. The lowest BCUT2D eigenvalue weighted by atomic mass is 10.1. The minimum absolute atomic E-state index is 0.00174. The number of benzene rings is 1. The average molecular weight is 388 g/mol. The molecule has 1 unspecified atom stereocenters. The highest BCUT2D eigenvalue weighted by Gasteiger charge is 2.24. The number of rotatable bonds is 7. The Bertz CT molecular complexity index is 766. The normalized spacial score (nSPS) is 16.3. The molecule has 7 heteroatoms. The van der Waals surface area contributed by atoms with Crippen molar-refractivity contribution in [3.63, 3.8) is 0 Å². The number of nitrogens with one attached hydrogen (secondary N) is 1. The fourth-order valence-electron chi connectivity index (χ4n) is 3.03. The number of carbonyl (C=O) groups excluding carboxylic acids is 2. The van der Waals surface area contributed by atoms with E-state index in [0.717, 1.165) is 35.6 Å². The fourth-order valence-corrected chi connectivity index (χ4v) is 3.86. The third kappa shape index (κ3) is 5.61. The van der Waals surface area contributed by atoms with E-state index in [4.69, 9.17) is 4.74 Å². The van der Waals surface area contributed by atoms with Gasteiger partial charge in [-0.3, -0.25) is 9.59 Å². The first-order valence-corrected chi connectivity index (χ1v) is 10.00. The van der Waals surface area contributed by atoms with Crippen molar-refractivity contribution >= 4 is 28.3 Å². The number of carbonyl (C=O) groups is 2. The number of anilines is 1. The van der Waals surface area contributed by atoms with Gasteiger partial charge in [0.1, 0.15) is 6.54 Å². The second kappa shape index (κ2) is 9.10. The van der Waals surface area contributed by atoms with Gasteiger partial charge in [-0.25, -0.2) is 4.98 Å². The summed E-state index contributed by atoms with van der Waals surface area (Å²) in [7, 11) is 0. The number of aryl methyl sites for hydroxylation is 2. The zero-order valence-corrected chi connectivity index (χ0v) is 16.6. The standard InChI is InChI=1S/C20H25N3O3S/c1-14-15(2)27-20(21-14)22-18(24)13-23(12-17-9-6-10-26-17)19(25)11-16-7-4-3-5-8-16/h3-5,7-8,17H,6,9-13H2,1-2H3,(H,21,22,24). The van der Waals surface area contributed by atoms with Crippen LogP contribution in [0.3, 0.4) is 0 Å². The molecule has 0 aliphatic carbocycles. The zero-order chi connectivity index (χ0) is 19.2. The molecule has 1 aliphatic heterocycles. The van der Waals surface area contributed by atoms with Crippen LogP contribution in [0.5, 0.6) is 0 Å². The molecule has 144 valence electrons. The highest BCUT2D eigenvalue weighted by Crippen LogP contribution is 2.21. The molecule has 0 radical (unpaired) electrons. The number of thiazole rings is 1. The van der Waals surface area contributed by atoms with Gasteiger partial charge in [0.2, 0.25) is 11.8 Å². The Labute approximate surface area is 163 Å². The summed E-state index contributed by atoms with van der Waals surface area (Å²) in [5, 5.41) is 3.38. The predicted octanol–water partition coefficient (Wildman–Crippen LogP) is 2.95. The van der Waals surface area contributed by atoms with Gasteiger partial charge in [0, 0.05) is 18.0 Å². The van der Waals surface area contributed by atoms with Gasteiger partial charge in [0.05, 0.1) is 18.2 Å². The molecular weight excluding hydrogens is 362 g/mol. The van der Waals surface area contributed by atoms with Gasteiger partial charge in [-0.1, -0.05) is 30.3 Å². The van der Waals surface area contributed by atoms with Crippen molar-refractivity contribution in [1.29, 1.82) is 0 Å². The molecule has 2 heterocycles. The Morgan fingerprint density at radius 2 is 2.07 bits per heavy atom. The number of hydrogen-bond donors (Lipinski definition) is 1. The van der Waals surface area contributed by atoms with Crippen LogP contribution in [0.4, 0.5) is 5.13 Å². The number of aromatic nitrogens is 1. The van der Waals surface area contributed by atoms with Crippen LogP contribution in [0.2, 0.25) is 0 Å². The van der Waals surface area contributed by atoms with E-state index in [0.29, 0.717) is 11.7 Å². The van der Waals surface area contributed by atoms with Crippen molar-refractivity contribution in [3.8, 4) is 0 Å². The van der Waals surface area contributed by atoms with E-state index in [1.165, 1.54) is 11.3 Å². The van der Waals surface area contributed by atoms with Gasteiger partial charge in [-0.2, -0.15) is 0 Å². The molecule has 6 nitrogen and oxygen atoms in total. The molecule has 1 saturated heterocycles. The van der Waals surface area contributed by atoms with E-state index in [-0.39, 0.29) is 30.9 Å². The van der Waals surface area contributed by atoms with Crippen molar-refractivity contribution in [2.24, 2.45) is 0 Å². The Morgan fingerprint density at radius 3 is 2.70 bits per heavy atom. The third-order valence-corrected chi connectivity index (χ3v) is 5.60. The maximum atomic E-state index is 12.8. The highest BCUT2D eigenvalue weighted by atomic mass is 32.1. The van der Waals surface area contributed by atoms with Crippen LogP contribution in [0.1, 0.15) is 29.0 Å². The summed E-state index contributed by atoms with van der Waals surface area (Å²) in [6.45, 7) is 5.04. The largest absolute Gasteiger partial charge is 0.376 e. The molecule has 0 bridgehead atoms. The van der Waals surface area contributed by atoms with E-state index in [9.17, 15) is 9.59 Å². The summed E-state index contributed by atoms with van der Waals surface area (Å²) in [6.07, 6.45) is 2.19. The molecule has 1 N–H and O–H groups in total. The Hall–Kier alpha value is -2.25. The van der Waals surface area contributed by atoms with Crippen molar-refractivity contribution in [2.45, 2.75) is 39.2 Å². The van der Waals surface area contributed by atoms with Gasteiger partial charge in [-0.05, 0) is 32.3 Å². The first kappa shape index (κ1) is 19.5. The van der Waals surface area contributed by atoms with Gasteiger partial charge >= 0.3 is 0 Å². The number of amides is 2. The van der Waals surface area contributed by atoms with Gasteiger partial charge in [0.15, 0.2) is 5.13 Å². The molecule has 1 aliphatic rings. The lowest BCUT2D eigenvalue weighted by Gasteiger charge is -2.25. The van der Waals surface area contributed by atoms with Crippen LogP contribution in [0.15, 0.2) is 30.3 Å². The van der Waals surface area contributed by atoms with Crippen LogP contribution in [-0.2, 0) is 20.7 Å². The molecule has 1 fully saturated rings. The Balaban J connectivity index is 1.64. The molecule has 0 saturated carbocycles. The van der Waals surface area contributed by atoms with E-state index >= 15 is 0 Å². The summed E-state index contributed by atoms with van der Waals surface area (Å²) in [6, 6.07) is 9.58. The minimum atomic E-state index is -0.233. The van der Waals surface area contributed by atoms with Crippen LogP contribution in [-0.4, -0.2) is 47.5 Å². The van der Waals surface area contributed by atoms with Crippen LogP contribution < -0.4 is 5.32 Å². The maximum Gasteiger partial charge on any atom is 0.245 e. The number of ether oxygens (including phenoxy) is 1. The van der Waals surface area contributed by atoms with Gasteiger partial charge in [0.25, 0.3) is 0 Å². The summed E-state index contributed by atoms with van der Waals surface area (Å²) >= 11 is 1.44. The average Bonchev–Trinajstić information content (AvgIpc) is 3.25. The molecule has 1 atom stereocenters. The first-order valence-electron chi connectivity index (χ1n) is 9.18. The number of hydrogen-bond acceptors (Lipinski definition) is 5. The molecule has 0 spiro atoms. The quantitative estimate of drug-likeness (QED) is 0.793. The smallest absolute Gasteiger partial charge is 0.245 e. The Morgan fingerprint density at radius 1 is 1.30 bits per heavy atom. The Kier molecular flexibility index (Phi) is 6.58. The molecule has 1 aromatic heterocycles. The molecule has 27 heavy (non-hydrogen) atoms. The van der Waals surface area contributed by atoms with E-state index in [2.05, 4.69) is 10.3 Å². The first-order chi connectivity index (χ1) is 13.0. The lowest BCUT2D eigenvalue weighted by Crippen LogP contribution is -2.43. The van der Waals surface area contributed by atoms with Crippen molar-refractivity contribution in [3.05, 3.63) is 46.5 Å². The van der Waals surface area contributed by atoms with E-state index in [1.54, 1.807) is 4.90 Å². The zero-order valence-electron chi connectivity index (χ0n) is 15.7. The predicted molar refractivity (Wildman–Crippen MR) is 106 cm³/mol. The third-order valence-electron chi connectivity index (χ3n) is 4.61. The van der Waals surface area contributed by atoms with Crippen molar-refractivity contribution < 1.29 is 14.3 Å². The van der Waals surface area contributed by atoms with Gasteiger partial charge < -0.3 is 15.0 Å². The summed E-state index contributed by atoms with van der Waals surface area (Å²) in [5.41, 5.74) is 1.85.